The third-order valence-corrected chi connectivity index (χ3v) is 1.84. The molecule has 0 aliphatic rings. The Morgan fingerprint density at radius 3 is 2.91 bits per heavy atom. The molecule has 6 heteroatoms. The Morgan fingerprint density at radius 1 is 1.27 bits per heavy atom. The van der Waals surface area contributed by atoms with Gasteiger partial charge in [0, 0.05) is 0 Å². The summed E-state index contributed by atoms with van der Waals surface area (Å²) in [4.78, 5) is 7.84. The van der Waals surface area contributed by atoms with Gasteiger partial charge in [-0.15, -0.1) is 0 Å². The zero-order valence-electron chi connectivity index (χ0n) is 5.77. The van der Waals surface area contributed by atoms with Gasteiger partial charge in [-0.05, 0) is 6.92 Å². The summed E-state index contributed by atoms with van der Waals surface area (Å²) in [6.45, 7) is 1.84. The topological polar surface area (TPSA) is 77.6 Å². The maximum Gasteiger partial charge on any atom is 0.222 e. The minimum Gasteiger partial charge on any atom is -0.368 e. The van der Waals surface area contributed by atoms with Crippen LogP contribution in [0.4, 0.5) is 5.95 Å². The smallest absolute Gasteiger partial charge is 0.222 e. The molecule has 0 unspecified atom stereocenters. The van der Waals surface area contributed by atoms with E-state index in [1.54, 1.807) is 0 Å². The van der Waals surface area contributed by atoms with Gasteiger partial charge in [0.15, 0.2) is 5.65 Å². The minimum atomic E-state index is 0.253. The number of aromatic nitrogens is 4. The molecule has 0 atom stereocenters. The highest BCUT2D eigenvalue weighted by atomic mass is 32.1. The first-order chi connectivity index (χ1) is 5.27. The van der Waals surface area contributed by atoms with Gasteiger partial charge < -0.3 is 5.73 Å². The Hall–Kier alpha value is -1.30. The summed E-state index contributed by atoms with van der Waals surface area (Å²) in [5.74, 6) is 0.253. The molecular weight excluding hydrogens is 162 g/mol. The van der Waals surface area contributed by atoms with E-state index in [2.05, 4.69) is 18.7 Å². The molecule has 2 aromatic heterocycles. The van der Waals surface area contributed by atoms with E-state index < -0.39 is 0 Å². The summed E-state index contributed by atoms with van der Waals surface area (Å²) in [7, 11) is 0. The van der Waals surface area contributed by atoms with E-state index >= 15 is 0 Å². The quantitative estimate of drug-likeness (QED) is 0.613. The van der Waals surface area contributed by atoms with Crippen LogP contribution in [0.3, 0.4) is 0 Å². The lowest BCUT2D eigenvalue weighted by atomic mass is 10.4. The largest absolute Gasteiger partial charge is 0.368 e. The molecule has 0 aliphatic heterocycles. The van der Waals surface area contributed by atoms with Gasteiger partial charge in [0.25, 0.3) is 0 Å². The number of nitrogens with zero attached hydrogens (tertiary/aromatic N) is 4. The van der Waals surface area contributed by atoms with Crippen LogP contribution in [0.15, 0.2) is 0 Å². The second-order valence-corrected chi connectivity index (χ2v) is 2.63. The van der Waals surface area contributed by atoms with Crippen molar-refractivity contribution in [1.82, 2.24) is 18.7 Å². The molecule has 11 heavy (non-hydrogen) atoms. The van der Waals surface area contributed by atoms with E-state index in [1.807, 2.05) is 6.92 Å². The lowest BCUT2D eigenvalue weighted by Crippen LogP contribution is -1.96. The van der Waals surface area contributed by atoms with Gasteiger partial charge in [0.05, 0.1) is 17.4 Å². The average molecular weight is 167 g/mol. The third kappa shape index (κ3) is 0.911. The van der Waals surface area contributed by atoms with Crippen LogP contribution in [-0.2, 0) is 0 Å². The van der Waals surface area contributed by atoms with Gasteiger partial charge in [-0.1, -0.05) is 0 Å². The molecule has 0 amide bonds. The van der Waals surface area contributed by atoms with Crippen LogP contribution >= 0.6 is 11.7 Å². The number of hydrogen-bond donors (Lipinski definition) is 1. The van der Waals surface area contributed by atoms with Crippen LogP contribution in [-0.4, -0.2) is 18.7 Å². The summed E-state index contributed by atoms with van der Waals surface area (Å²) in [6.07, 6.45) is 0. The summed E-state index contributed by atoms with van der Waals surface area (Å²) < 4.78 is 7.95. The monoisotopic (exact) mass is 167 g/mol. The van der Waals surface area contributed by atoms with Crippen molar-refractivity contribution in [1.29, 1.82) is 0 Å². The van der Waals surface area contributed by atoms with Crippen molar-refractivity contribution in [2.24, 2.45) is 0 Å². The fourth-order valence-corrected chi connectivity index (χ4v) is 1.38. The van der Waals surface area contributed by atoms with Crippen molar-refractivity contribution >= 4 is 28.8 Å². The highest BCUT2D eigenvalue weighted by Gasteiger charge is 2.04. The Labute approximate surface area is 66.6 Å². The highest BCUT2D eigenvalue weighted by Crippen LogP contribution is 2.12. The summed E-state index contributed by atoms with van der Waals surface area (Å²) >= 11 is 1.12. The number of aryl methyl sites for hydroxylation is 1. The highest BCUT2D eigenvalue weighted by molar-refractivity contribution is 7.00. The Morgan fingerprint density at radius 2 is 2.09 bits per heavy atom. The van der Waals surface area contributed by atoms with Gasteiger partial charge in [0.1, 0.15) is 5.52 Å². The molecule has 0 radical (unpaired) electrons. The van der Waals surface area contributed by atoms with E-state index in [0.717, 1.165) is 22.9 Å². The number of fused-ring (bicyclic) bond motifs is 1. The fraction of sp³-hybridized carbons (Fsp3) is 0.200. The van der Waals surface area contributed by atoms with E-state index in [9.17, 15) is 0 Å². The van der Waals surface area contributed by atoms with Crippen LogP contribution in [0.1, 0.15) is 5.69 Å². The van der Waals surface area contributed by atoms with E-state index in [-0.39, 0.29) is 5.95 Å². The number of nitrogens with two attached hydrogens (primary N) is 1. The van der Waals surface area contributed by atoms with Crippen molar-refractivity contribution in [3.8, 4) is 0 Å². The maximum absolute atomic E-state index is 5.40. The molecule has 0 bridgehead atoms. The van der Waals surface area contributed by atoms with Crippen molar-refractivity contribution in [2.45, 2.75) is 6.92 Å². The van der Waals surface area contributed by atoms with E-state index in [1.165, 1.54) is 0 Å². The zero-order valence-corrected chi connectivity index (χ0v) is 6.59. The Bertz CT molecular complexity index is 395. The van der Waals surface area contributed by atoms with Gasteiger partial charge in [-0.3, -0.25) is 0 Å². The molecule has 0 aromatic carbocycles. The first kappa shape index (κ1) is 6.41. The van der Waals surface area contributed by atoms with E-state index in [0.29, 0.717) is 5.65 Å². The predicted octanol–water partition coefficient (Wildman–Crippen LogP) is 0.372. The average Bonchev–Trinajstić information content (AvgIpc) is 2.34. The molecule has 56 valence electrons. The number of nitrogen functional groups attached to an aromatic ring is 1. The van der Waals surface area contributed by atoms with Crippen molar-refractivity contribution < 1.29 is 0 Å². The number of anilines is 1. The van der Waals surface area contributed by atoms with Crippen molar-refractivity contribution in [3.05, 3.63) is 5.69 Å². The van der Waals surface area contributed by atoms with Crippen LogP contribution in [0.25, 0.3) is 11.2 Å². The van der Waals surface area contributed by atoms with Crippen LogP contribution in [0.2, 0.25) is 0 Å². The molecular formula is C5H5N5S. The lowest BCUT2D eigenvalue weighted by Gasteiger charge is -1.92. The Balaban J connectivity index is 2.91. The van der Waals surface area contributed by atoms with Crippen LogP contribution < -0.4 is 5.73 Å². The molecule has 0 spiro atoms. The second-order valence-electron chi connectivity index (χ2n) is 2.10. The van der Waals surface area contributed by atoms with E-state index in [4.69, 9.17) is 5.73 Å². The maximum atomic E-state index is 5.40. The van der Waals surface area contributed by atoms with Gasteiger partial charge in [-0.25, -0.2) is 4.98 Å². The van der Waals surface area contributed by atoms with Gasteiger partial charge in [0.2, 0.25) is 5.95 Å². The molecule has 2 rings (SSSR count). The first-order valence-electron chi connectivity index (χ1n) is 3.00. The summed E-state index contributed by atoms with van der Waals surface area (Å²) in [6, 6.07) is 0. The van der Waals surface area contributed by atoms with Crippen molar-refractivity contribution in [3.63, 3.8) is 0 Å². The predicted molar refractivity (Wildman–Crippen MR) is 42.2 cm³/mol. The molecule has 0 aliphatic carbocycles. The minimum absolute atomic E-state index is 0.253. The SMILES string of the molecule is Cc1nc(N)nc2nsnc12. The number of hydrogen-bond acceptors (Lipinski definition) is 6. The molecule has 2 N–H and O–H groups in total. The molecule has 0 saturated heterocycles. The lowest BCUT2D eigenvalue weighted by molar-refractivity contribution is 1.15. The first-order valence-corrected chi connectivity index (χ1v) is 3.73. The third-order valence-electron chi connectivity index (χ3n) is 1.32. The molecule has 2 aromatic rings. The second kappa shape index (κ2) is 2.09. The van der Waals surface area contributed by atoms with Crippen LogP contribution in [0, 0.1) is 6.92 Å². The fourth-order valence-electron chi connectivity index (χ4n) is 0.843. The number of rotatable bonds is 0. The molecule has 5 nitrogen and oxygen atoms in total. The Kier molecular flexibility index (Phi) is 1.22. The molecule has 0 saturated carbocycles. The zero-order chi connectivity index (χ0) is 7.84. The molecule has 2 heterocycles. The summed E-state index contributed by atoms with van der Waals surface area (Å²) in [5, 5.41) is 0. The van der Waals surface area contributed by atoms with Crippen molar-refractivity contribution in [2.75, 3.05) is 5.73 Å². The van der Waals surface area contributed by atoms with Crippen LogP contribution in [0.5, 0.6) is 0 Å². The summed E-state index contributed by atoms with van der Waals surface area (Å²) in [5.41, 5.74) is 7.50. The van der Waals surface area contributed by atoms with Gasteiger partial charge in [-0.2, -0.15) is 13.7 Å². The standard InChI is InChI=1S/C5H5N5S/c1-2-3-4(10-11-9-3)8-5(6)7-2/h1H3,(H2,6,8,10). The van der Waals surface area contributed by atoms with Gasteiger partial charge >= 0.3 is 0 Å². The molecule has 0 fully saturated rings. The normalized spacial score (nSPS) is 10.6.